The standard InChI is InChI=1S/C15H17N3O2S2/c1-18(2)13(11-7-8-21-10-11)9-16-15-12-5-3-4-6-14(12)22(19,20)17-15/h3-8,10,13H,9H2,1-2H3,(H,16,17)/t13-/m1/s1. The monoisotopic (exact) mass is 335 g/mol. The Morgan fingerprint density at radius 2 is 2.05 bits per heavy atom. The molecule has 1 aliphatic rings. The van der Waals surface area contributed by atoms with Gasteiger partial charge in [-0.25, -0.2) is 8.42 Å². The summed E-state index contributed by atoms with van der Waals surface area (Å²) in [4.78, 5) is 6.91. The molecule has 1 aromatic heterocycles. The molecule has 7 heteroatoms. The maximum Gasteiger partial charge on any atom is 0.263 e. The fraction of sp³-hybridized carbons (Fsp3) is 0.267. The van der Waals surface area contributed by atoms with Crippen molar-refractivity contribution in [2.45, 2.75) is 10.9 Å². The van der Waals surface area contributed by atoms with Gasteiger partial charge < -0.3 is 4.90 Å². The van der Waals surface area contributed by atoms with Gasteiger partial charge in [-0.05, 0) is 48.6 Å². The summed E-state index contributed by atoms with van der Waals surface area (Å²) in [7, 11) is 0.522. The van der Waals surface area contributed by atoms with E-state index in [1.54, 1.807) is 29.5 Å². The molecular weight excluding hydrogens is 318 g/mol. The number of nitrogens with one attached hydrogen (secondary N) is 1. The largest absolute Gasteiger partial charge is 0.301 e. The Labute approximate surface area is 134 Å². The Balaban J connectivity index is 1.91. The second kappa shape index (κ2) is 5.83. The molecule has 0 unspecified atom stereocenters. The highest BCUT2D eigenvalue weighted by molar-refractivity contribution is 7.90. The van der Waals surface area contributed by atoms with E-state index in [4.69, 9.17) is 0 Å². The molecule has 0 spiro atoms. The molecule has 3 rings (SSSR count). The van der Waals surface area contributed by atoms with Gasteiger partial charge in [0.05, 0.1) is 17.5 Å². The van der Waals surface area contributed by atoms with Crippen molar-refractivity contribution >= 4 is 27.2 Å². The molecule has 1 N–H and O–H groups in total. The first kappa shape index (κ1) is 15.2. The van der Waals surface area contributed by atoms with Gasteiger partial charge in [0.15, 0.2) is 0 Å². The number of likely N-dealkylation sites (N-methyl/N-ethyl adjacent to an activating group) is 1. The lowest BCUT2D eigenvalue weighted by molar-refractivity contribution is 0.307. The van der Waals surface area contributed by atoms with E-state index in [0.29, 0.717) is 22.8 Å². The summed E-state index contributed by atoms with van der Waals surface area (Å²) in [5.74, 6) is 0.428. The highest BCUT2D eigenvalue weighted by Crippen LogP contribution is 2.24. The second-order valence-corrected chi connectivity index (χ2v) is 7.76. The number of rotatable bonds is 4. The van der Waals surface area contributed by atoms with Gasteiger partial charge in [0.25, 0.3) is 10.0 Å². The SMILES string of the molecule is CN(C)[C@H](CN=C1NS(=O)(=O)c2ccccc21)c1ccsc1. The summed E-state index contributed by atoms with van der Waals surface area (Å²) in [5.41, 5.74) is 1.83. The van der Waals surface area contributed by atoms with Crippen LogP contribution in [0.25, 0.3) is 0 Å². The summed E-state index contributed by atoms with van der Waals surface area (Å²) in [6, 6.07) is 9.11. The molecule has 2 aromatic rings. The first-order valence-electron chi connectivity index (χ1n) is 6.84. The van der Waals surface area contributed by atoms with Crippen LogP contribution in [-0.4, -0.2) is 39.8 Å². The lowest BCUT2D eigenvalue weighted by atomic mass is 10.1. The zero-order valence-electron chi connectivity index (χ0n) is 12.4. The third-order valence-electron chi connectivity index (χ3n) is 3.64. The molecule has 22 heavy (non-hydrogen) atoms. The van der Waals surface area contributed by atoms with Crippen LogP contribution >= 0.6 is 11.3 Å². The van der Waals surface area contributed by atoms with Crippen LogP contribution in [0, 0.1) is 0 Å². The molecule has 0 bridgehead atoms. The highest BCUT2D eigenvalue weighted by atomic mass is 32.2. The van der Waals surface area contributed by atoms with E-state index >= 15 is 0 Å². The Hall–Kier alpha value is -1.70. The topological polar surface area (TPSA) is 61.8 Å². The van der Waals surface area contributed by atoms with Gasteiger partial charge in [0.2, 0.25) is 0 Å². The van der Waals surface area contributed by atoms with Crippen LogP contribution in [0.3, 0.4) is 0 Å². The van der Waals surface area contributed by atoms with Crippen LogP contribution in [0.15, 0.2) is 51.0 Å². The van der Waals surface area contributed by atoms with Gasteiger partial charge in [0, 0.05) is 5.56 Å². The third-order valence-corrected chi connectivity index (χ3v) is 5.73. The number of hydrogen-bond donors (Lipinski definition) is 1. The van der Waals surface area contributed by atoms with E-state index in [1.165, 1.54) is 5.56 Å². The van der Waals surface area contributed by atoms with Crippen molar-refractivity contribution in [3.63, 3.8) is 0 Å². The fourth-order valence-corrected chi connectivity index (χ4v) is 4.42. The minimum atomic E-state index is -3.47. The summed E-state index contributed by atoms with van der Waals surface area (Å²) in [5, 5.41) is 4.13. The van der Waals surface area contributed by atoms with Crippen molar-refractivity contribution in [3.05, 3.63) is 52.2 Å². The van der Waals surface area contributed by atoms with Gasteiger partial charge in [-0.1, -0.05) is 12.1 Å². The molecule has 1 aliphatic heterocycles. The van der Waals surface area contributed by atoms with Crippen LogP contribution in [0.2, 0.25) is 0 Å². The number of benzene rings is 1. The van der Waals surface area contributed by atoms with Crippen LogP contribution in [0.4, 0.5) is 0 Å². The average Bonchev–Trinajstić information content (AvgIpc) is 3.07. The number of nitrogens with zero attached hydrogens (tertiary/aromatic N) is 2. The normalized spacial score (nSPS) is 19.1. The van der Waals surface area contributed by atoms with Crippen molar-refractivity contribution in [1.82, 2.24) is 9.62 Å². The van der Waals surface area contributed by atoms with E-state index in [9.17, 15) is 8.42 Å². The Kier molecular flexibility index (Phi) is 4.03. The lowest BCUT2D eigenvalue weighted by Crippen LogP contribution is -2.26. The van der Waals surface area contributed by atoms with Gasteiger partial charge in [-0.3, -0.25) is 9.71 Å². The maximum absolute atomic E-state index is 12.1. The van der Waals surface area contributed by atoms with Crippen LogP contribution in [0.1, 0.15) is 17.2 Å². The molecule has 0 aliphatic carbocycles. The Morgan fingerprint density at radius 1 is 1.27 bits per heavy atom. The molecule has 2 heterocycles. The summed E-state index contributed by atoms with van der Waals surface area (Å²) < 4.78 is 26.7. The van der Waals surface area contributed by atoms with E-state index in [-0.39, 0.29) is 6.04 Å². The average molecular weight is 335 g/mol. The number of thiophene rings is 1. The molecule has 0 saturated heterocycles. The number of fused-ring (bicyclic) bond motifs is 1. The molecule has 1 atom stereocenters. The maximum atomic E-state index is 12.1. The molecule has 0 radical (unpaired) electrons. The molecule has 116 valence electrons. The van der Waals surface area contributed by atoms with Gasteiger partial charge in [0.1, 0.15) is 5.84 Å². The minimum absolute atomic E-state index is 0.121. The van der Waals surface area contributed by atoms with E-state index in [2.05, 4.69) is 26.1 Å². The van der Waals surface area contributed by atoms with Crippen molar-refractivity contribution < 1.29 is 8.42 Å². The summed E-state index contributed by atoms with van der Waals surface area (Å²) in [6.07, 6.45) is 0. The molecule has 0 saturated carbocycles. The molecular formula is C15H17N3O2S2. The first-order valence-corrected chi connectivity index (χ1v) is 9.27. The zero-order valence-corrected chi connectivity index (χ0v) is 14.0. The Bertz CT molecular complexity index is 796. The third kappa shape index (κ3) is 2.79. The highest BCUT2D eigenvalue weighted by Gasteiger charge is 2.30. The van der Waals surface area contributed by atoms with Crippen molar-refractivity contribution in [2.24, 2.45) is 4.99 Å². The van der Waals surface area contributed by atoms with E-state index in [1.807, 2.05) is 25.5 Å². The molecule has 1 aromatic carbocycles. The molecule has 5 nitrogen and oxygen atoms in total. The van der Waals surface area contributed by atoms with Crippen LogP contribution in [0.5, 0.6) is 0 Å². The summed E-state index contributed by atoms with van der Waals surface area (Å²) >= 11 is 1.65. The summed E-state index contributed by atoms with van der Waals surface area (Å²) in [6.45, 7) is 0.496. The molecule has 0 fully saturated rings. The van der Waals surface area contributed by atoms with Crippen LogP contribution in [-0.2, 0) is 10.0 Å². The number of sulfonamides is 1. The number of hydrogen-bond acceptors (Lipinski definition) is 5. The zero-order chi connectivity index (χ0) is 15.7. The fourth-order valence-electron chi connectivity index (χ4n) is 2.46. The number of aliphatic imine (C=N–C) groups is 1. The first-order chi connectivity index (χ1) is 10.5. The molecule has 0 amide bonds. The minimum Gasteiger partial charge on any atom is -0.301 e. The lowest BCUT2D eigenvalue weighted by Gasteiger charge is -2.21. The van der Waals surface area contributed by atoms with Gasteiger partial charge >= 0.3 is 0 Å². The van der Waals surface area contributed by atoms with Crippen LogP contribution < -0.4 is 4.72 Å². The van der Waals surface area contributed by atoms with Crippen molar-refractivity contribution in [1.29, 1.82) is 0 Å². The quantitative estimate of drug-likeness (QED) is 0.931. The van der Waals surface area contributed by atoms with Crippen molar-refractivity contribution in [3.8, 4) is 0 Å². The van der Waals surface area contributed by atoms with Gasteiger partial charge in [-0.2, -0.15) is 11.3 Å². The predicted molar refractivity (Wildman–Crippen MR) is 88.9 cm³/mol. The smallest absolute Gasteiger partial charge is 0.263 e. The van der Waals surface area contributed by atoms with E-state index < -0.39 is 10.0 Å². The predicted octanol–water partition coefficient (Wildman–Crippen LogP) is 2.09. The van der Waals surface area contributed by atoms with Gasteiger partial charge in [-0.15, -0.1) is 0 Å². The Morgan fingerprint density at radius 3 is 2.73 bits per heavy atom. The van der Waals surface area contributed by atoms with Crippen molar-refractivity contribution in [2.75, 3.05) is 20.6 Å². The second-order valence-electron chi connectivity index (χ2n) is 5.33. The van der Waals surface area contributed by atoms with E-state index in [0.717, 1.165) is 0 Å². The number of amidine groups is 1.